The first-order valence-electron chi connectivity index (χ1n) is 6.74. The topological polar surface area (TPSA) is 70.4 Å². The van der Waals surface area contributed by atoms with E-state index < -0.39 is 18.0 Å². The quantitative estimate of drug-likeness (QED) is 0.832. The number of rotatable bonds is 6. The number of nitrogens with zero attached hydrogens (tertiary/aromatic N) is 1. The molecule has 1 heterocycles. The maximum Gasteiger partial charge on any atom is 0.303 e. The third-order valence-electron chi connectivity index (χ3n) is 3.38. The van der Waals surface area contributed by atoms with Gasteiger partial charge in [0.05, 0.1) is 6.10 Å². The first kappa shape index (κ1) is 16.7. The molecule has 0 bridgehead atoms. The third-order valence-corrected chi connectivity index (χ3v) is 3.87. The highest BCUT2D eigenvalue weighted by molar-refractivity contribution is 6.30. The fourth-order valence-electron chi connectivity index (χ4n) is 2.26. The number of halogens is 2. The number of carbonyl (C=O) groups is 1. The molecular formula is C16H15Cl2NO3. The molecule has 2 atom stereocenters. The smallest absolute Gasteiger partial charge is 0.303 e. The summed E-state index contributed by atoms with van der Waals surface area (Å²) in [7, 11) is 0. The Kier molecular flexibility index (Phi) is 5.77. The molecule has 0 saturated heterocycles. The van der Waals surface area contributed by atoms with E-state index in [0.29, 0.717) is 21.3 Å². The molecular weight excluding hydrogens is 325 g/mol. The van der Waals surface area contributed by atoms with Crippen LogP contribution in [-0.4, -0.2) is 21.2 Å². The van der Waals surface area contributed by atoms with E-state index in [1.54, 1.807) is 42.6 Å². The lowest BCUT2D eigenvalue weighted by molar-refractivity contribution is -0.137. The van der Waals surface area contributed by atoms with Crippen LogP contribution < -0.4 is 0 Å². The fraction of sp³-hybridized carbons (Fsp3) is 0.250. The number of aliphatic hydroxyl groups excluding tert-OH is 1. The van der Waals surface area contributed by atoms with Gasteiger partial charge in [0.2, 0.25) is 0 Å². The predicted octanol–water partition coefficient (Wildman–Crippen LogP) is 4.07. The van der Waals surface area contributed by atoms with Crippen LogP contribution in [0.3, 0.4) is 0 Å². The van der Waals surface area contributed by atoms with Crippen LogP contribution in [0.1, 0.15) is 36.1 Å². The van der Waals surface area contributed by atoms with E-state index in [1.165, 1.54) is 0 Å². The van der Waals surface area contributed by atoms with Gasteiger partial charge in [-0.2, -0.15) is 0 Å². The fourth-order valence-corrected chi connectivity index (χ4v) is 2.56. The molecule has 0 aliphatic heterocycles. The molecule has 0 fully saturated rings. The highest BCUT2D eigenvalue weighted by Crippen LogP contribution is 2.34. The maximum atomic E-state index is 10.9. The second-order valence-electron chi connectivity index (χ2n) is 4.93. The molecule has 0 aliphatic carbocycles. The van der Waals surface area contributed by atoms with Gasteiger partial charge in [0.1, 0.15) is 0 Å². The zero-order chi connectivity index (χ0) is 16.1. The Labute approximate surface area is 138 Å². The summed E-state index contributed by atoms with van der Waals surface area (Å²) in [6.07, 6.45) is 0.846. The molecule has 6 heteroatoms. The molecule has 2 aromatic rings. The Bertz CT molecular complexity index is 646. The summed E-state index contributed by atoms with van der Waals surface area (Å²) < 4.78 is 0. The van der Waals surface area contributed by atoms with Gasteiger partial charge in [-0.25, -0.2) is 0 Å². The van der Waals surface area contributed by atoms with Crippen LogP contribution >= 0.6 is 23.2 Å². The third kappa shape index (κ3) is 4.44. The average molecular weight is 340 g/mol. The maximum absolute atomic E-state index is 10.9. The summed E-state index contributed by atoms with van der Waals surface area (Å²) in [5.41, 5.74) is 1.22. The molecule has 4 nitrogen and oxygen atoms in total. The van der Waals surface area contributed by atoms with Gasteiger partial charge in [-0.15, -0.1) is 0 Å². The van der Waals surface area contributed by atoms with E-state index in [1.807, 2.05) is 0 Å². The van der Waals surface area contributed by atoms with Crippen LogP contribution in [0, 0.1) is 0 Å². The van der Waals surface area contributed by atoms with Gasteiger partial charge in [0.25, 0.3) is 0 Å². The average Bonchev–Trinajstić information content (AvgIpc) is 2.48. The molecule has 0 aliphatic rings. The summed E-state index contributed by atoms with van der Waals surface area (Å²) in [5, 5.41) is 20.6. The van der Waals surface area contributed by atoms with Crippen LogP contribution in [0.25, 0.3) is 0 Å². The van der Waals surface area contributed by atoms with Gasteiger partial charge in [0.15, 0.2) is 0 Å². The van der Waals surface area contributed by atoms with Crippen LogP contribution in [0.15, 0.2) is 42.6 Å². The Hall–Kier alpha value is -1.62. The number of aliphatic carboxylic acids is 1. The molecule has 2 rings (SSSR count). The second kappa shape index (κ2) is 7.58. The van der Waals surface area contributed by atoms with Gasteiger partial charge in [-0.3, -0.25) is 9.78 Å². The van der Waals surface area contributed by atoms with E-state index in [-0.39, 0.29) is 12.8 Å². The van der Waals surface area contributed by atoms with E-state index in [0.717, 1.165) is 0 Å². The highest BCUT2D eigenvalue weighted by Gasteiger charge is 2.25. The van der Waals surface area contributed by atoms with Crippen molar-refractivity contribution in [3.63, 3.8) is 0 Å². The molecule has 0 saturated carbocycles. The van der Waals surface area contributed by atoms with Gasteiger partial charge in [0, 0.05) is 34.3 Å². The van der Waals surface area contributed by atoms with Crippen molar-refractivity contribution in [2.75, 3.05) is 0 Å². The van der Waals surface area contributed by atoms with E-state index in [2.05, 4.69) is 4.98 Å². The minimum Gasteiger partial charge on any atom is -0.481 e. The van der Waals surface area contributed by atoms with Gasteiger partial charge in [-0.1, -0.05) is 35.3 Å². The lowest BCUT2D eigenvalue weighted by Crippen LogP contribution is -2.14. The standard InChI is InChI=1S/C16H15Cl2NO3/c17-11-3-1-10(2-4-11)16(22)13(5-6-15(20)21)14-9-12(18)7-8-19-14/h1-4,7-9,13,16,22H,5-6H2,(H,20,21)/t13-,16+/m0/s1. The SMILES string of the molecule is O=C(O)CC[C@@H](c1cc(Cl)ccn1)[C@H](O)c1ccc(Cl)cc1. The van der Waals surface area contributed by atoms with Crippen LogP contribution in [0.5, 0.6) is 0 Å². The van der Waals surface area contributed by atoms with Crippen molar-refractivity contribution in [2.45, 2.75) is 24.9 Å². The second-order valence-corrected chi connectivity index (χ2v) is 5.81. The van der Waals surface area contributed by atoms with Crippen molar-refractivity contribution >= 4 is 29.2 Å². The summed E-state index contributed by atoms with van der Waals surface area (Å²) in [5.74, 6) is -1.38. The van der Waals surface area contributed by atoms with Crippen LogP contribution in [0.4, 0.5) is 0 Å². The molecule has 1 aromatic carbocycles. The Morgan fingerprint density at radius 1 is 1.14 bits per heavy atom. The first-order valence-corrected chi connectivity index (χ1v) is 7.49. The number of benzene rings is 1. The molecule has 0 radical (unpaired) electrons. The largest absolute Gasteiger partial charge is 0.481 e. The number of pyridine rings is 1. The van der Waals surface area contributed by atoms with E-state index in [9.17, 15) is 9.90 Å². The van der Waals surface area contributed by atoms with Crippen molar-refractivity contribution in [1.82, 2.24) is 4.98 Å². The molecule has 0 spiro atoms. The number of carboxylic acids is 1. The summed E-state index contributed by atoms with van der Waals surface area (Å²) in [6, 6.07) is 10.1. The Morgan fingerprint density at radius 3 is 2.41 bits per heavy atom. The summed E-state index contributed by atoms with van der Waals surface area (Å²) >= 11 is 11.8. The normalized spacial score (nSPS) is 13.6. The molecule has 22 heavy (non-hydrogen) atoms. The van der Waals surface area contributed by atoms with Crippen LogP contribution in [-0.2, 0) is 4.79 Å². The van der Waals surface area contributed by atoms with E-state index >= 15 is 0 Å². The van der Waals surface area contributed by atoms with Crippen molar-refractivity contribution in [2.24, 2.45) is 0 Å². The number of carboxylic acid groups (broad SMARTS) is 1. The Balaban J connectivity index is 2.30. The van der Waals surface area contributed by atoms with Crippen molar-refractivity contribution in [3.8, 4) is 0 Å². The molecule has 1 aromatic heterocycles. The Morgan fingerprint density at radius 2 is 1.82 bits per heavy atom. The summed E-state index contributed by atoms with van der Waals surface area (Å²) in [4.78, 5) is 15.1. The lowest BCUT2D eigenvalue weighted by Gasteiger charge is -2.22. The first-order chi connectivity index (χ1) is 10.5. The van der Waals surface area contributed by atoms with Crippen molar-refractivity contribution < 1.29 is 15.0 Å². The molecule has 0 unspecified atom stereocenters. The minimum atomic E-state index is -0.921. The van der Waals surface area contributed by atoms with Gasteiger partial charge in [-0.05, 0) is 36.2 Å². The summed E-state index contributed by atoms with van der Waals surface area (Å²) in [6.45, 7) is 0. The highest BCUT2D eigenvalue weighted by atomic mass is 35.5. The van der Waals surface area contributed by atoms with E-state index in [4.69, 9.17) is 28.3 Å². The number of hydrogen-bond donors (Lipinski definition) is 2. The molecule has 0 amide bonds. The number of aromatic nitrogens is 1. The number of hydrogen-bond acceptors (Lipinski definition) is 3. The van der Waals surface area contributed by atoms with Gasteiger partial charge < -0.3 is 10.2 Å². The minimum absolute atomic E-state index is 0.0660. The predicted molar refractivity (Wildman–Crippen MR) is 85.3 cm³/mol. The zero-order valence-electron chi connectivity index (χ0n) is 11.6. The van der Waals surface area contributed by atoms with Crippen molar-refractivity contribution in [1.29, 1.82) is 0 Å². The molecule has 2 N–H and O–H groups in total. The zero-order valence-corrected chi connectivity index (χ0v) is 13.1. The monoisotopic (exact) mass is 339 g/mol. The van der Waals surface area contributed by atoms with Crippen molar-refractivity contribution in [3.05, 3.63) is 63.9 Å². The molecule has 116 valence electrons. The van der Waals surface area contributed by atoms with Gasteiger partial charge >= 0.3 is 5.97 Å². The van der Waals surface area contributed by atoms with Crippen LogP contribution in [0.2, 0.25) is 10.0 Å². The lowest BCUT2D eigenvalue weighted by atomic mass is 9.88. The number of aliphatic hydroxyl groups is 1.